The van der Waals surface area contributed by atoms with Crippen LogP contribution in [-0.4, -0.2) is 31.7 Å². The molecule has 2 aromatic rings. The van der Waals surface area contributed by atoms with E-state index in [4.69, 9.17) is 9.47 Å². The Morgan fingerprint density at radius 1 is 1.29 bits per heavy atom. The highest BCUT2D eigenvalue weighted by molar-refractivity contribution is 7.09. The number of benzene rings is 1. The Balaban J connectivity index is 1.71. The van der Waals surface area contributed by atoms with Gasteiger partial charge in [0.05, 0.1) is 26.8 Å². The highest BCUT2D eigenvalue weighted by Gasteiger charge is 2.30. The molecule has 1 aliphatic rings. The summed E-state index contributed by atoms with van der Waals surface area (Å²) >= 11 is 1.65. The first-order valence-corrected chi connectivity index (χ1v) is 8.89. The summed E-state index contributed by atoms with van der Waals surface area (Å²) in [6.07, 6.45) is 1.97. The van der Waals surface area contributed by atoms with E-state index in [1.165, 1.54) is 0 Å². The summed E-state index contributed by atoms with van der Waals surface area (Å²) in [5, 5.41) is 5.04. The van der Waals surface area contributed by atoms with Crippen LogP contribution in [0.1, 0.15) is 29.3 Å². The van der Waals surface area contributed by atoms with Crippen molar-refractivity contribution in [2.24, 2.45) is 0 Å². The van der Waals surface area contributed by atoms with Gasteiger partial charge >= 0.3 is 6.03 Å². The van der Waals surface area contributed by atoms with Crippen molar-refractivity contribution in [2.45, 2.75) is 25.4 Å². The predicted molar refractivity (Wildman–Crippen MR) is 94.8 cm³/mol. The number of ether oxygens (including phenoxy) is 2. The Kier molecular flexibility index (Phi) is 5.25. The van der Waals surface area contributed by atoms with Crippen molar-refractivity contribution in [2.75, 3.05) is 20.8 Å². The highest BCUT2D eigenvalue weighted by atomic mass is 32.1. The van der Waals surface area contributed by atoms with Crippen molar-refractivity contribution in [3.8, 4) is 11.5 Å². The molecule has 2 heterocycles. The largest absolute Gasteiger partial charge is 0.493 e. The molecule has 128 valence electrons. The third kappa shape index (κ3) is 3.48. The summed E-state index contributed by atoms with van der Waals surface area (Å²) < 4.78 is 10.7. The molecule has 3 rings (SSSR count). The van der Waals surface area contributed by atoms with Gasteiger partial charge in [0.2, 0.25) is 0 Å². The molecule has 1 atom stereocenters. The van der Waals surface area contributed by atoms with E-state index in [2.05, 4.69) is 5.32 Å². The second-order valence-electron chi connectivity index (χ2n) is 5.70. The molecular formula is C18H22N2O3S. The predicted octanol–water partition coefficient (Wildman–Crippen LogP) is 3.81. The van der Waals surface area contributed by atoms with Gasteiger partial charge in [0.25, 0.3) is 0 Å². The van der Waals surface area contributed by atoms with Crippen LogP contribution in [0.25, 0.3) is 0 Å². The third-order valence-electron chi connectivity index (χ3n) is 4.30. The fraction of sp³-hybridized carbons (Fsp3) is 0.389. The Labute approximate surface area is 146 Å². The van der Waals surface area contributed by atoms with Crippen LogP contribution < -0.4 is 14.8 Å². The summed E-state index contributed by atoms with van der Waals surface area (Å²) in [6, 6.07) is 9.96. The van der Waals surface area contributed by atoms with Gasteiger partial charge in [-0.05, 0) is 42.0 Å². The molecule has 6 heteroatoms. The van der Waals surface area contributed by atoms with E-state index >= 15 is 0 Å². The number of amides is 2. The van der Waals surface area contributed by atoms with Crippen LogP contribution in [0.3, 0.4) is 0 Å². The zero-order valence-corrected chi connectivity index (χ0v) is 14.8. The molecule has 2 amide bonds. The lowest BCUT2D eigenvalue weighted by atomic mass is 10.0. The number of nitrogens with one attached hydrogen (secondary N) is 1. The summed E-state index contributed by atoms with van der Waals surface area (Å²) in [4.78, 5) is 15.6. The Bertz CT molecular complexity index is 688. The molecule has 5 nitrogen and oxygen atoms in total. The zero-order chi connectivity index (χ0) is 16.9. The third-order valence-corrected chi connectivity index (χ3v) is 5.18. The summed E-state index contributed by atoms with van der Waals surface area (Å²) in [6.45, 7) is 1.35. The molecule has 0 aliphatic carbocycles. The van der Waals surface area contributed by atoms with Crippen LogP contribution in [-0.2, 0) is 6.54 Å². The van der Waals surface area contributed by atoms with Gasteiger partial charge in [-0.25, -0.2) is 4.79 Å². The number of carbonyl (C=O) groups excluding carboxylic acids is 1. The van der Waals surface area contributed by atoms with Gasteiger partial charge < -0.3 is 19.7 Å². The van der Waals surface area contributed by atoms with Crippen molar-refractivity contribution < 1.29 is 14.3 Å². The number of carbonyl (C=O) groups is 1. The van der Waals surface area contributed by atoms with Crippen LogP contribution in [0.5, 0.6) is 11.5 Å². The number of thiophene rings is 1. The SMILES string of the molecule is COc1ccc(C2CCCN2C(=O)NCc2cccs2)cc1OC. The molecule has 24 heavy (non-hydrogen) atoms. The molecule has 1 aromatic heterocycles. The van der Waals surface area contributed by atoms with E-state index in [0.29, 0.717) is 18.0 Å². The number of urea groups is 1. The van der Waals surface area contributed by atoms with Crippen molar-refractivity contribution in [1.82, 2.24) is 10.2 Å². The average molecular weight is 346 g/mol. The van der Waals surface area contributed by atoms with E-state index in [-0.39, 0.29) is 12.1 Å². The maximum Gasteiger partial charge on any atom is 0.318 e. The van der Waals surface area contributed by atoms with E-state index in [1.54, 1.807) is 25.6 Å². The van der Waals surface area contributed by atoms with Gasteiger partial charge in [-0.15, -0.1) is 11.3 Å². The zero-order valence-electron chi connectivity index (χ0n) is 14.0. The Morgan fingerprint density at radius 3 is 2.83 bits per heavy atom. The minimum atomic E-state index is -0.0133. The van der Waals surface area contributed by atoms with Crippen LogP contribution in [0.2, 0.25) is 0 Å². The summed E-state index contributed by atoms with van der Waals surface area (Å²) in [7, 11) is 3.25. The molecule has 1 N–H and O–H groups in total. The molecule has 1 saturated heterocycles. The van der Waals surface area contributed by atoms with Gasteiger partial charge in [-0.3, -0.25) is 0 Å². The van der Waals surface area contributed by atoms with Crippen LogP contribution >= 0.6 is 11.3 Å². The average Bonchev–Trinajstić information content (AvgIpc) is 3.30. The molecule has 0 radical (unpaired) electrons. The van der Waals surface area contributed by atoms with Gasteiger partial charge in [-0.1, -0.05) is 12.1 Å². The van der Waals surface area contributed by atoms with Crippen molar-refractivity contribution in [3.05, 3.63) is 46.2 Å². The number of nitrogens with zero attached hydrogens (tertiary/aromatic N) is 1. The number of hydrogen-bond donors (Lipinski definition) is 1. The van der Waals surface area contributed by atoms with Crippen LogP contribution in [0, 0.1) is 0 Å². The molecule has 0 spiro atoms. The minimum absolute atomic E-state index is 0.0133. The van der Waals surface area contributed by atoms with Crippen LogP contribution in [0.4, 0.5) is 4.79 Å². The molecule has 1 unspecified atom stereocenters. The topological polar surface area (TPSA) is 50.8 Å². The second kappa shape index (κ2) is 7.57. The lowest BCUT2D eigenvalue weighted by Crippen LogP contribution is -2.39. The van der Waals surface area contributed by atoms with E-state index in [0.717, 1.165) is 29.8 Å². The number of likely N-dealkylation sites (tertiary alicyclic amines) is 1. The standard InChI is InChI=1S/C18H22N2O3S/c1-22-16-8-7-13(11-17(16)23-2)15-6-3-9-20(15)18(21)19-12-14-5-4-10-24-14/h4-5,7-8,10-11,15H,3,6,9,12H2,1-2H3,(H,19,21). The van der Waals surface area contributed by atoms with E-state index in [9.17, 15) is 4.79 Å². The van der Waals surface area contributed by atoms with Gasteiger partial charge in [0, 0.05) is 11.4 Å². The first-order chi connectivity index (χ1) is 11.7. The van der Waals surface area contributed by atoms with Crippen molar-refractivity contribution in [1.29, 1.82) is 0 Å². The molecule has 1 aliphatic heterocycles. The lowest BCUT2D eigenvalue weighted by Gasteiger charge is -2.26. The first kappa shape index (κ1) is 16.6. The van der Waals surface area contributed by atoms with E-state index in [1.807, 2.05) is 40.6 Å². The maximum atomic E-state index is 12.6. The maximum absolute atomic E-state index is 12.6. The minimum Gasteiger partial charge on any atom is -0.493 e. The first-order valence-electron chi connectivity index (χ1n) is 8.01. The van der Waals surface area contributed by atoms with Gasteiger partial charge in [0.1, 0.15) is 0 Å². The van der Waals surface area contributed by atoms with Gasteiger partial charge in [0.15, 0.2) is 11.5 Å². The van der Waals surface area contributed by atoms with Gasteiger partial charge in [-0.2, -0.15) is 0 Å². The highest BCUT2D eigenvalue weighted by Crippen LogP contribution is 2.36. The van der Waals surface area contributed by atoms with Crippen LogP contribution in [0.15, 0.2) is 35.7 Å². The number of methoxy groups -OCH3 is 2. The van der Waals surface area contributed by atoms with Crippen molar-refractivity contribution in [3.63, 3.8) is 0 Å². The summed E-state index contributed by atoms with van der Waals surface area (Å²) in [5.74, 6) is 1.40. The Morgan fingerprint density at radius 2 is 2.12 bits per heavy atom. The Hall–Kier alpha value is -2.21. The normalized spacial score (nSPS) is 16.9. The molecule has 0 bridgehead atoms. The molecular weight excluding hydrogens is 324 g/mol. The fourth-order valence-electron chi connectivity index (χ4n) is 3.09. The van der Waals surface area contributed by atoms with E-state index < -0.39 is 0 Å². The second-order valence-corrected chi connectivity index (χ2v) is 6.74. The quantitative estimate of drug-likeness (QED) is 0.895. The monoisotopic (exact) mass is 346 g/mol. The molecule has 1 aromatic carbocycles. The lowest BCUT2D eigenvalue weighted by molar-refractivity contribution is 0.192. The molecule has 0 saturated carbocycles. The smallest absolute Gasteiger partial charge is 0.318 e. The van der Waals surface area contributed by atoms with Crippen molar-refractivity contribution >= 4 is 17.4 Å². The number of rotatable bonds is 5. The molecule has 1 fully saturated rings. The number of hydrogen-bond acceptors (Lipinski definition) is 4. The fourth-order valence-corrected chi connectivity index (χ4v) is 3.74. The summed E-state index contributed by atoms with van der Waals surface area (Å²) in [5.41, 5.74) is 1.08.